The predicted molar refractivity (Wildman–Crippen MR) is 88.5 cm³/mol. The van der Waals surface area contributed by atoms with Gasteiger partial charge in [0, 0.05) is 24.9 Å². The monoisotopic (exact) mass is 322 g/mol. The van der Waals surface area contributed by atoms with Gasteiger partial charge in [0.2, 0.25) is 5.91 Å². The normalized spacial score (nSPS) is 22.8. The van der Waals surface area contributed by atoms with Gasteiger partial charge < -0.3 is 9.80 Å². The zero-order valence-electron chi connectivity index (χ0n) is 13.4. The molecule has 24 heavy (non-hydrogen) atoms. The molecule has 2 atom stereocenters. The molecule has 2 aromatic rings. The minimum atomic E-state index is -0.0907. The van der Waals surface area contributed by atoms with Crippen LogP contribution in [0.4, 0.5) is 5.69 Å². The first-order valence-corrected chi connectivity index (χ1v) is 8.12. The van der Waals surface area contributed by atoms with E-state index in [1.807, 2.05) is 31.2 Å². The average Bonchev–Trinajstić information content (AvgIpc) is 3.12. The van der Waals surface area contributed by atoms with Crippen LogP contribution >= 0.6 is 0 Å². The molecule has 0 bridgehead atoms. The Morgan fingerprint density at radius 1 is 1.21 bits per heavy atom. The second-order valence-electron chi connectivity index (χ2n) is 6.27. The lowest BCUT2D eigenvalue weighted by Crippen LogP contribution is -2.40. The summed E-state index contributed by atoms with van der Waals surface area (Å²) < 4.78 is 0. The summed E-state index contributed by atoms with van der Waals surface area (Å²) >= 11 is 0. The Kier molecular flexibility index (Phi) is 3.52. The Morgan fingerprint density at radius 3 is 2.83 bits per heavy atom. The standard InChI is InChI=1S/C18H18N4O2/c1-12-4-2-6-14(20-12)18(24)21-9-7-15-16(21)10-17(23)22(15)13-5-3-8-19-11-13/h2-6,8,11,15-16H,7,9-10H2,1H3/t15-,16+/m1/s1. The Hall–Kier alpha value is -2.76. The summed E-state index contributed by atoms with van der Waals surface area (Å²) in [7, 11) is 0. The van der Waals surface area contributed by atoms with Crippen LogP contribution in [0, 0.1) is 6.92 Å². The zero-order chi connectivity index (χ0) is 16.7. The van der Waals surface area contributed by atoms with E-state index in [9.17, 15) is 9.59 Å². The van der Waals surface area contributed by atoms with Gasteiger partial charge in [-0.15, -0.1) is 0 Å². The number of aromatic nitrogens is 2. The Morgan fingerprint density at radius 2 is 2.08 bits per heavy atom. The van der Waals surface area contributed by atoms with Crippen LogP contribution in [0.1, 0.15) is 29.0 Å². The molecule has 2 aliphatic heterocycles. The van der Waals surface area contributed by atoms with Gasteiger partial charge in [-0.2, -0.15) is 0 Å². The molecule has 6 heteroatoms. The van der Waals surface area contributed by atoms with E-state index in [2.05, 4.69) is 9.97 Å². The number of anilines is 1. The number of hydrogen-bond donors (Lipinski definition) is 0. The van der Waals surface area contributed by atoms with Crippen LogP contribution in [0.2, 0.25) is 0 Å². The highest BCUT2D eigenvalue weighted by Crippen LogP contribution is 2.36. The molecular formula is C18H18N4O2. The lowest BCUT2D eigenvalue weighted by atomic mass is 10.1. The zero-order valence-corrected chi connectivity index (χ0v) is 13.4. The molecule has 0 aromatic carbocycles. The molecule has 2 fully saturated rings. The molecule has 0 spiro atoms. The van der Waals surface area contributed by atoms with Crippen molar-refractivity contribution in [2.45, 2.75) is 31.8 Å². The number of hydrogen-bond acceptors (Lipinski definition) is 4. The lowest BCUT2D eigenvalue weighted by molar-refractivity contribution is -0.117. The molecule has 2 saturated heterocycles. The molecule has 2 aromatic heterocycles. The van der Waals surface area contributed by atoms with Crippen molar-refractivity contribution in [3.05, 3.63) is 54.1 Å². The quantitative estimate of drug-likeness (QED) is 0.846. The number of aryl methyl sites for hydroxylation is 1. The highest BCUT2D eigenvalue weighted by atomic mass is 16.2. The van der Waals surface area contributed by atoms with E-state index in [-0.39, 0.29) is 23.9 Å². The molecule has 0 aliphatic carbocycles. The molecule has 0 unspecified atom stereocenters. The predicted octanol–water partition coefficient (Wildman–Crippen LogP) is 1.81. The number of fused-ring (bicyclic) bond motifs is 1. The Bertz CT molecular complexity index is 793. The maximum atomic E-state index is 12.8. The molecule has 0 radical (unpaired) electrons. The van der Waals surface area contributed by atoms with Crippen LogP contribution in [-0.4, -0.2) is 45.3 Å². The topological polar surface area (TPSA) is 66.4 Å². The molecule has 0 N–H and O–H groups in total. The van der Waals surface area contributed by atoms with Crippen molar-refractivity contribution in [3.63, 3.8) is 0 Å². The van der Waals surface area contributed by atoms with Gasteiger partial charge in [0.05, 0.1) is 24.0 Å². The number of likely N-dealkylation sites (tertiary alicyclic amines) is 1. The van der Waals surface area contributed by atoms with Crippen LogP contribution in [0.25, 0.3) is 0 Å². The summed E-state index contributed by atoms with van der Waals surface area (Å²) in [6.07, 6.45) is 4.53. The fourth-order valence-corrected chi connectivity index (χ4v) is 3.74. The van der Waals surface area contributed by atoms with E-state index in [4.69, 9.17) is 0 Å². The highest BCUT2D eigenvalue weighted by Gasteiger charge is 2.49. The molecule has 4 heterocycles. The molecule has 6 nitrogen and oxygen atoms in total. The fraction of sp³-hybridized carbons (Fsp3) is 0.333. The van der Waals surface area contributed by atoms with Gasteiger partial charge >= 0.3 is 0 Å². The molecule has 2 amide bonds. The first-order valence-electron chi connectivity index (χ1n) is 8.12. The van der Waals surface area contributed by atoms with E-state index in [1.54, 1.807) is 28.3 Å². The summed E-state index contributed by atoms with van der Waals surface area (Å²) in [5.41, 5.74) is 2.07. The van der Waals surface area contributed by atoms with Gasteiger partial charge in [-0.1, -0.05) is 6.07 Å². The Labute approximate surface area is 140 Å². The molecule has 122 valence electrons. The van der Waals surface area contributed by atoms with Gasteiger partial charge in [0.15, 0.2) is 0 Å². The molecular weight excluding hydrogens is 304 g/mol. The first kappa shape index (κ1) is 14.8. The maximum Gasteiger partial charge on any atom is 0.272 e. The maximum absolute atomic E-state index is 12.8. The number of amides is 2. The Balaban J connectivity index is 1.60. The molecule has 4 rings (SSSR count). The summed E-state index contributed by atoms with van der Waals surface area (Å²) in [5, 5.41) is 0. The SMILES string of the molecule is Cc1cccc(C(=O)N2CC[C@@H]3[C@@H]2CC(=O)N3c2cccnc2)n1. The van der Waals surface area contributed by atoms with E-state index in [0.29, 0.717) is 18.7 Å². The van der Waals surface area contributed by atoms with Crippen molar-refractivity contribution < 1.29 is 9.59 Å². The largest absolute Gasteiger partial charge is 0.332 e. The first-order chi connectivity index (χ1) is 11.6. The fourth-order valence-electron chi connectivity index (χ4n) is 3.74. The summed E-state index contributed by atoms with van der Waals surface area (Å²) in [6, 6.07) is 9.09. The van der Waals surface area contributed by atoms with Gasteiger partial charge in [-0.05, 0) is 37.6 Å². The van der Waals surface area contributed by atoms with Gasteiger partial charge in [-0.3, -0.25) is 14.6 Å². The number of carbonyl (C=O) groups is 2. The molecule has 2 aliphatic rings. The second kappa shape index (κ2) is 5.70. The summed E-state index contributed by atoms with van der Waals surface area (Å²) in [5.74, 6) is -0.0419. The smallest absolute Gasteiger partial charge is 0.272 e. The van der Waals surface area contributed by atoms with E-state index in [0.717, 1.165) is 17.8 Å². The number of rotatable bonds is 2. The van der Waals surface area contributed by atoms with Crippen molar-refractivity contribution in [1.82, 2.24) is 14.9 Å². The van der Waals surface area contributed by atoms with E-state index >= 15 is 0 Å². The summed E-state index contributed by atoms with van der Waals surface area (Å²) in [4.78, 5) is 37.3. The minimum Gasteiger partial charge on any atom is -0.332 e. The number of nitrogens with zero attached hydrogens (tertiary/aromatic N) is 4. The van der Waals surface area contributed by atoms with Crippen LogP contribution < -0.4 is 4.90 Å². The van der Waals surface area contributed by atoms with Crippen molar-refractivity contribution in [2.24, 2.45) is 0 Å². The van der Waals surface area contributed by atoms with Gasteiger partial charge in [0.25, 0.3) is 5.91 Å². The minimum absolute atomic E-state index is 0.0236. The lowest BCUT2D eigenvalue weighted by Gasteiger charge is -2.25. The van der Waals surface area contributed by atoms with Crippen molar-refractivity contribution in [2.75, 3.05) is 11.4 Å². The van der Waals surface area contributed by atoms with Crippen LogP contribution in [-0.2, 0) is 4.79 Å². The van der Waals surface area contributed by atoms with Crippen molar-refractivity contribution >= 4 is 17.5 Å². The third-order valence-corrected chi connectivity index (χ3v) is 4.79. The number of carbonyl (C=O) groups excluding carboxylic acids is 2. The van der Waals surface area contributed by atoms with Crippen LogP contribution in [0.5, 0.6) is 0 Å². The third kappa shape index (κ3) is 2.35. The van der Waals surface area contributed by atoms with Crippen molar-refractivity contribution in [3.8, 4) is 0 Å². The van der Waals surface area contributed by atoms with Crippen molar-refractivity contribution in [1.29, 1.82) is 0 Å². The highest BCUT2D eigenvalue weighted by molar-refractivity contribution is 5.99. The number of pyridine rings is 2. The average molecular weight is 322 g/mol. The van der Waals surface area contributed by atoms with Crippen LogP contribution in [0.15, 0.2) is 42.7 Å². The second-order valence-corrected chi connectivity index (χ2v) is 6.27. The van der Waals surface area contributed by atoms with E-state index < -0.39 is 0 Å². The van der Waals surface area contributed by atoms with E-state index in [1.165, 1.54) is 0 Å². The van der Waals surface area contributed by atoms with Gasteiger partial charge in [-0.25, -0.2) is 4.98 Å². The molecule has 0 saturated carbocycles. The van der Waals surface area contributed by atoms with Crippen LogP contribution in [0.3, 0.4) is 0 Å². The third-order valence-electron chi connectivity index (χ3n) is 4.79. The summed E-state index contributed by atoms with van der Waals surface area (Å²) in [6.45, 7) is 2.51. The van der Waals surface area contributed by atoms with Gasteiger partial charge in [0.1, 0.15) is 5.69 Å².